The average Bonchev–Trinajstić information content (AvgIpc) is 2.14. The van der Waals surface area contributed by atoms with E-state index in [1.165, 1.54) is 0 Å². The first-order valence-corrected chi connectivity index (χ1v) is 4.15. The van der Waals surface area contributed by atoms with Crippen LogP contribution in [-0.2, 0) is 11.0 Å². The molecule has 0 aliphatic carbocycles. The van der Waals surface area contributed by atoms with E-state index in [1.54, 1.807) is 0 Å². The van der Waals surface area contributed by atoms with Crippen LogP contribution in [0, 0.1) is 5.82 Å². The molecule has 86 valence electrons. The summed E-state index contributed by atoms with van der Waals surface area (Å²) in [7, 11) is 0. The number of primary amides is 1. The largest absolute Gasteiger partial charge is 0.419 e. The second-order valence-corrected chi connectivity index (χ2v) is 2.97. The average molecular weight is 233 g/mol. The van der Waals surface area contributed by atoms with E-state index in [4.69, 9.17) is 5.73 Å². The van der Waals surface area contributed by atoms with Crippen molar-refractivity contribution in [2.45, 2.75) is 6.18 Å². The lowest BCUT2D eigenvalue weighted by atomic mass is 10.1. The van der Waals surface area contributed by atoms with Gasteiger partial charge < -0.3 is 5.73 Å². The molecule has 0 fully saturated rings. The molecule has 0 aliphatic heterocycles. The molecular formula is C10H7F4NO. The molecule has 0 saturated heterocycles. The maximum atomic E-state index is 12.8. The Balaban J connectivity index is 3.13. The SMILES string of the molecule is NC(=O)C=Cc1ccc(F)c(C(F)(F)F)c1. The number of benzene rings is 1. The summed E-state index contributed by atoms with van der Waals surface area (Å²) in [5, 5.41) is 0. The molecule has 1 amide bonds. The first-order valence-electron chi connectivity index (χ1n) is 4.15. The van der Waals surface area contributed by atoms with Gasteiger partial charge in [-0.05, 0) is 23.8 Å². The van der Waals surface area contributed by atoms with Crippen LogP contribution < -0.4 is 5.73 Å². The molecule has 0 unspecified atom stereocenters. The number of hydrogen-bond acceptors (Lipinski definition) is 1. The van der Waals surface area contributed by atoms with Gasteiger partial charge in [0.15, 0.2) is 0 Å². The molecular weight excluding hydrogens is 226 g/mol. The van der Waals surface area contributed by atoms with Crippen molar-refractivity contribution in [2.24, 2.45) is 5.73 Å². The summed E-state index contributed by atoms with van der Waals surface area (Å²) in [5.74, 6) is -2.15. The number of carbonyl (C=O) groups excluding carboxylic acids is 1. The molecule has 0 radical (unpaired) electrons. The Bertz CT molecular complexity index is 437. The third-order valence-corrected chi connectivity index (χ3v) is 1.74. The van der Waals surface area contributed by atoms with Crippen molar-refractivity contribution in [3.8, 4) is 0 Å². The van der Waals surface area contributed by atoms with Gasteiger partial charge in [0.1, 0.15) is 5.82 Å². The number of carbonyl (C=O) groups is 1. The van der Waals surface area contributed by atoms with Crippen LogP contribution in [0.15, 0.2) is 24.3 Å². The van der Waals surface area contributed by atoms with Crippen molar-refractivity contribution in [3.63, 3.8) is 0 Å². The van der Waals surface area contributed by atoms with Gasteiger partial charge in [-0.1, -0.05) is 6.07 Å². The first kappa shape index (κ1) is 12.2. The van der Waals surface area contributed by atoms with Crippen LogP contribution in [-0.4, -0.2) is 5.91 Å². The Morgan fingerprint density at radius 2 is 1.94 bits per heavy atom. The maximum Gasteiger partial charge on any atom is 0.419 e. The van der Waals surface area contributed by atoms with Crippen LogP contribution in [0.25, 0.3) is 6.08 Å². The minimum Gasteiger partial charge on any atom is -0.366 e. The molecule has 2 N–H and O–H groups in total. The number of hydrogen-bond donors (Lipinski definition) is 1. The molecule has 6 heteroatoms. The fraction of sp³-hybridized carbons (Fsp3) is 0.100. The van der Waals surface area contributed by atoms with Gasteiger partial charge in [-0.15, -0.1) is 0 Å². The lowest BCUT2D eigenvalue weighted by Crippen LogP contribution is -2.08. The van der Waals surface area contributed by atoms with E-state index < -0.39 is 23.5 Å². The lowest BCUT2D eigenvalue weighted by molar-refractivity contribution is -0.140. The van der Waals surface area contributed by atoms with Crippen molar-refractivity contribution in [1.82, 2.24) is 0 Å². The van der Waals surface area contributed by atoms with E-state index in [2.05, 4.69) is 0 Å². The summed E-state index contributed by atoms with van der Waals surface area (Å²) in [6.07, 6.45) is -2.79. The van der Waals surface area contributed by atoms with Gasteiger partial charge in [-0.3, -0.25) is 4.79 Å². The van der Waals surface area contributed by atoms with Crippen molar-refractivity contribution in [2.75, 3.05) is 0 Å². The van der Waals surface area contributed by atoms with Crippen LogP contribution in [0.5, 0.6) is 0 Å². The van der Waals surface area contributed by atoms with E-state index in [0.29, 0.717) is 12.1 Å². The maximum absolute atomic E-state index is 12.8. The fourth-order valence-corrected chi connectivity index (χ4v) is 1.04. The van der Waals surface area contributed by atoms with Gasteiger partial charge in [-0.2, -0.15) is 13.2 Å². The van der Waals surface area contributed by atoms with E-state index >= 15 is 0 Å². The monoisotopic (exact) mass is 233 g/mol. The molecule has 16 heavy (non-hydrogen) atoms. The molecule has 0 bridgehead atoms. The van der Waals surface area contributed by atoms with E-state index in [-0.39, 0.29) is 5.56 Å². The highest BCUT2D eigenvalue weighted by Crippen LogP contribution is 2.32. The molecule has 0 atom stereocenters. The van der Waals surface area contributed by atoms with Crippen molar-refractivity contribution >= 4 is 12.0 Å². The Labute approximate surface area is 88.4 Å². The van der Waals surface area contributed by atoms with Crippen molar-refractivity contribution < 1.29 is 22.4 Å². The Kier molecular flexibility index (Phi) is 3.31. The zero-order valence-corrected chi connectivity index (χ0v) is 7.88. The summed E-state index contributed by atoms with van der Waals surface area (Å²) in [5.41, 5.74) is 3.44. The molecule has 1 aromatic rings. The highest BCUT2D eigenvalue weighted by Gasteiger charge is 2.33. The molecule has 0 aromatic heterocycles. The molecule has 0 heterocycles. The number of halogens is 4. The smallest absolute Gasteiger partial charge is 0.366 e. The minimum atomic E-state index is -4.76. The predicted octanol–water partition coefficient (Wildman–Crippen LogP) is 2.34. The summed E-state index contributed by atoms with van der Waals surface area (Å²) in [6.45, 7) is 0. The zero-order chi connectivity index (χ0) is 12.3. The third-order valence-electron chi connectivity index (χ3n) is 1.74. The Hall–Kier alpha value is -1.85. The third kappa shape index (κ3) is 3.08. The summed E-state index contributed by atoms with van der Waals surface area (Å²) < 4.78 is 49.6. The minimum absolute atomic E-state index is 0.0486. The van der Waals surface area contributed by atoms with Crippen molar-refractivity contribution in [3.05, 3.63) is 41.2 Å². The molecule has 1 aromatic carbocycles. The summed E-state index contributed by atoms with van der Waals surface area (Å²) in [4.78, 5) is 10.4. The van der Waals surface area contributed by atoms with Crippen LogP contribution in [0.1, 0.15) is 11.1 Å². The zero-order valence-electron chi connectivity index (χ0n) is 7.88. The second-order valence-electron chi connectivity index (χ2n) is 2.97. The standard InChI is InChI=1S/C10H7F4NO/c11-8-3-1-6(2-4-9(15)16)5-7(8)10(12,13)14/h1-5H,(H2,15,16). The fourth-order valence-electron chi connectivity index (χ4n) is 1.04. The van der Waals surface area contributed by atoms with Crippen LogP contribution >= 0.6 is 0 Å². The van der Waals surface area contributed by atoms with E-state index in [9.17, 15) is 22.4 Å². The van der Waals surface area contributed by atoms with Gasteiger partial charge >= 0.3 is 6.18 Å². The van der Waals surface area contributed by atoms with Gasteiger partial charge in [0.25, 0.3) is 0 Å². The molecule has 2 nitrogen and oxygen atoms in total. The number of rotatable bonds is 2. The molecule has 1 rings (SSSR count). The van der Waals surface area contributed by atoms with Crippen LogP contribution in [0.2, 0.25) is 0 Å². The highest BCUT2D eigenvalue weighted by atomic mass is 19.4. The normalized spacial score (nSPS) is 12.0. The number of amides is 1. The second kappa shape index (κ2) is 4.34. The lowest BCUT2D eigenvalue weighted by Gasteiger charge is -2.08. The van der Waals surface area contributed by atoms with Crippen molar-refractivity contribution in [1.29, 1.82) is 0 Å². The van der Waals surface area contributed by atoms with Gasteiger partial charge in [0, 0.05) is 6.08 Å². The Morgan fingerprint density at radius 1 is 1.31 bits per heavy atom. The summed E-state index contributed by atoms with van der Waals surface area (Å²) in [6, 6.07) is 2.41. The number of nitrogens with two attached hydrogens (primary N) is 1. The van der Waals surface area contributed by atoms with Gasteiger partial charge in [0.05, 0.1) is 5.56 Å². The van der Waals surface area contributed by atoms with E-state index in [0.717, 1.165) is 18.2 Å². The van der Waals surface area contributed by atoms with Gasteiger partial charge in [-0.25, -0.2) is 4.39 Å². The van der Waals surface area contributed by atoms with Crippen LogP contribution in [0.4, 0.5) is 17.6 Å². The molecule has 0 saturated carbocycles. The van der Waals surface area contributed by atoms with Gasteiger partial charge in [0.2, 0.25) is 5.91 Å². The highest BCUT2D eigenvalue weighted by molar-refractivity contribution is 5.90. The molecule has 0 aliphatic rings. The predicted molar refractivity (Wildman–Crippen MR) is 49.6 cm³/mol. The number of alkyl halides is 3. The quantitative estimate of drug-likeness (QED) is 0.618. The van der Waals surface area contributed by atoms with Crippen LogP contribution in [0.3, 0.4) is 0 Å². The topological polar surface area (TPSA) is 43.1 Å². The first-order chi connectivity index (χ1) is 7.30. The van der Waals surface area contributed by atoms with E-state index in [1.807, 2.05) is 0 Å². The Morgan fingerprint density at radius 3 is 2.44 bits per heavy atom. The molecule has 0 spiro atoms. The summed E-state index contributed by atoms with van der Waals surface area (Å²) >= 11 is 0.